The van der Waals surface area contributed by atoms with Crippen molar-refractivity contribution in [3.63, 3.8) is 0 Å². The smallest absolute Gasteiger partial charge is 0.252 e. The van der Waals surface area contributed by atoms with Crippen molar-refractivity contribution >= 4 is 17.7 Å². The molecule has 6 heteroatoms. The predicted molar refractivity (Wildman–Crippen MR) is 111 cm³/mol. The SMILES string of the molecule is O=C(NC(c1ccccc1)c1ccncc1)c1ccc(CN2C(=O)CCC2=O)cc1. The zero-order valence-corrected chi connectivity index (χ0v) is 16.3. The minimum atomic E-state index is -0.304. The van der Waals surface area contributed by atoms with Gasteiger partial charge in [0.05, 0.1) is 12.6 Å². The Labute approximate surface area is 174 Å². The van der Waals surface area contributed by atoms with E-state index in [1.807, 2.05) is 42.5 Å². The van der Waals surface area contributed by atoms with Crippen LogP contribution in [0.15, 0.2) is 79.1 Å². The van der Waals surface area contributed by atoms with E-state index in [9.17, 15) is 14.4 Å². The van der Waals surface area contributed by atoms with Crippen molar-refractivity contribution in [2.45, 2.75) is 25.4 Å². The lowest BCUT2D eigenvalue weighted by atomic mass is 9.99. The van der Waals surface area contributed by atoms with Crippen molar-refractivity contribution in [2.75, 3.05) is 0 Å². The number of nitrogens with zero attached hydrogens (tertiary/aromatic N) is 2. The van der Waals surface area contributed by atoms with Crippen molar-refractivity contribution < 1.29 is 14.4 Å². The van der Waals surface area contributed by atoms with E-state index in [0.29, 0.717) is 5.56 Å². The maximum Gasteiger partial charge on any atom is 0.252 e. The van der Waals surface area contributed by atoms with E-state index >= 15 is 0 Å². The number of rotatable bonds is 6. The summed E-state index contributed by atoms with van der Waals surface area (Å²) >= 11 is 0. The normalized spacial score (nSPS) is 14.6. The second-order valence-corrected chi connectivity index (χ2v) is 7.17. The fraction of sp³-hybridized carbons (Fsp3) is 0.167. The molecule has 4 rings (SSSR count). The van der Waals surface area contributed by atoms with Crippen LogP contribution in [0.25, 0.3) is 0 Å². The minimum Gasteiger partial charge on any atom is -0.341 e. The Bertz CT molecular complexity index is 995. The number of amides is 3. The Morgan fingerprint density at radius 1 is 0.867 bits per heavy atom. The van der Waals surface area contributed by atoms with Gasteiger partial charge in [0.2, 0.25) is 11.8 Å². The molecule has 0 spiro atoms. The van der Waals surface area contributed by atoms with E-state index in [-0.39, 0.29) is 43.1 Å². The van der Waals surface area contributed by atoms with Gasteiger partial charge < -0.3 is 5.32 Å². The largest absolute Gasteiger partial charge is 0.341 e. The molecule has 1 aliphatic heterocycles. The van der Waals surface area contributed by atoms with Gasteiger partial charge in [-0.25, -0.2) is 0 Å². The molecule has 150 valence electrons. The van der Waals surface area contributed by atoms with Crippen molar-refractivity contribution in [3.05, 3.63) is 101 Å². The molecule has 0 aliphatic carbocycles. The molecule has 1 aliphatic rings. The monoisotopic (exact) mass is 399 g/mol. The van der Waals surface area contributed by atoms with Gasteiger partial charge in [0.25, 0.3) is 5.91 Å². The first-order chi connectivity index (χ1) is 14.6. The van der Waals surface area contributed by atoms with Crippen LogP contribution >= 0.6 is 0 Å². The first-order valence-corrected chi connectivity index (χ1v) is 9.79. The summed E-state index contributed by atoms with van der Waals surface area (Å²) in [5, 5.41) is 3.09. The summed E-state index contributed by atoms with van der Waals surface area (Å²) in [5.41, 5.74) is 3.23. The van der Waals surface area contributed by atoms with Gasteiger partial charge in [-0.3, -0.25) is 24.3 Å². The molecule has 3 aromatic rings. The van der Waals surface area contributed by atoms with Crippen molar-refractivity contribution in [1.29, 1.82) is 0 Å². The zero-order chi connectivity index (χ0) is 20.9. The van der Waals surface area contributed by atoms with Crippen molar-refractivity contribution in [3.8, 4) is 0 Å². The fourth-order valence-corrected chi connectivity index (χ4v) is 3.52. The number of pyridine rings is 1. The van der Waals surface area contributed by atoms with Crippen LogP contribution in [-0.4, -0.2) is 27.6 Å². The van der Waals surface area contributed by atoms with Crippen LogP contribution in [0.3, 0.4) is 0 Å². The molecule has 1 unspecified atom stereocenters. The van der Waals surface area contributed by atoms with Crippen LogP contribution in [0.2, 0.25) is 0 Å². The molecule has 2 heterocycles. The summed E-state index contributed by atoms with van der Waals surface area (Å²) in [5.74, 6) is -0.504. The van der Waals surface area contributed by atoms with E-state index in [1.54, 1.807) is 36.7 Å². The first-order valence-electron chi connectivity index (χ1n) is 9.79. The molecule has 0 saturated carbocycles. The predicted octanol–water partition coefficient (Wildman–Crippen LogP) is 3.25. The van der Waals surface area contributed by atoms with Gasteiger partial charge in [0.15, 0.2) is 0 Å². The van der Waals surface area contributed by atoms with Crippen LogP contribution in [-0.2, 0) is 16.1 Å². The molecular formula is C24H21N3O3. The van der Waals surface area contributed by atoms with Gasteiger partial charge >= 0.3 is 0 Å². The standard InChI is InChI=1S/C24H21N3O3/c28-21-10-11-22(29)27(21)16-17-6-8-20(9-7-17)24(30)26-23(18-4-2-1-3-5-18)19-12-14-25-15-13-19/h1-9,12-15,23H,10-11,16H2,(H,26,30). The Kier molecular flexibility index (Phi) is 5.66. The highest BCUT2D eigenvalue weighted by Gasteiger charge is 2.28. The number of likely N-dealkylation sites (tertiary alicyclic amines) is 1. The minimum absolute atomic E-state index is 0.148. The highest BCUT2D eigenvalue weighted by atomic mass is 16.2. The lowest BCUT2D eigenvalue weighted by Crippen LogP contribution is -2.29. The summed E-state index contributed by atoms with van der Waals surface area (Å²) < 4.78 is 0. The summed E-state index contributed by atoms with van der Waals surface area (Å²) in [6.45, 7) is 0.239. The van der Waals surface area contributed by atoms with Crippen LogP contribution in [0.1, 0.15) is 45.9 Å². The number of aromatic nitrogens is 1. The van der Waals surface area contributed by atoms with Crippen LogP contribution < -0.4 is 5.32 Å². The van der Waals surface area contributed by atoms with Gasteiger partial charge in [-0.1, -0.05) is 42.5 Å². The van der Waals surface area contributed by atoms with E-state index in [0.717, 1.165) is 16.7 Å². The van der Waals surface area contributed by atoms with Gasteiger partial charge in [0, 0.05) is 30.8 Å². The van der Waals surface area contributed by atoms with E-state index in [2.05, 4.69) is 10.3 Å². The maximum absolute atomic E-state index is 12.9. The molecule has 1 atom stereocenters. The second kappa shape index (κ2) is 8.69. The molecule has 6 nitrogen and oxygen atoms in total. The molecule has 0 bridgehead atoms. The number of carbonyl (C=O) groups excluding carboxylic acids is 3. The van der Waals surface area contributed by atoms with Crippen LogP contribution in [0, 0.1) is 0 Å². The molecule has 30 heavy (non-hydrogen) atoms. The number of hydrogen-bond donors (Lipinski definition) is 1. The molecule has 1 N–H and O–H groups in total. The highest BCUT2D eigenvalue weighted by Crippen LogP contribution is 2.22. The Hall–Kier alpha value is -3.80. The summed E-state index contributed by atoms with van der Waals surface area (Å²) in [4.78, 5) is 41.8. The Morgan fingerprint density at radius 3 is 2.10 bits per heavy atom. The second-order valence-electron chi connectivity index (χ2n) is 7.17. The highest BCUT2D eigenvalue weighted by molar-refractivity contribution is 6.01. The molecule has 1 aromatic heterocycles. The average Bonchev–Trinajstić information content (AvgIpc) is 3.11. The Balaban J connectivity index is 1.50. The quantitative estimate of drug-likeness (QED) is 0.646. The molecule has 3 amide bonds. The van der Waals surface area contributed by atoms with Crippen LogP contribution in [0.5, 0.6) is 0 Å². The average molecular weight is 399 g/mol. The van der Waals surface area contributed by atoms with Crippen LogP contribution in [0.4, 0.5) is 0 Å². The summed E-state index contributed by atoms with van der Waals surface area (Å²) in [6, 6.07) is 20.2. The van der Waals surface area contributed by atoms with E-state index < -0.39 is 0 Å². The van der Waals surface area contributed by atoms with Crippen molar-refractivity contribution in [2.24, 2.45) is 0 Å². The third kappa shape index (κ3) is 4.27. The molecule has 2 aromatic carbocycles. The zero-order valence-electron chi connectivity index (χ0n) is 16.3. The lowest BCUT2D eigenvalue weighted by Gasteiger charge is -2.20. The molecule has 1 fully saturated rings. The number of hydrogen-bond acceptors (Lipinski definition) is 4. The van der Waals surface area contributed by atoms with Gasteiger partial charge in [-0.15, -0.1) is 0 Å². The van der Waals surface area contributed by atoms with Gasteiger partial charge in [-0.2, -0.15) is 0 Å². The number of imide groups is 1. The topological polar surface area (TPSA) is 79.4 Å². The maximum atomic E-state index is 12.9. The molecule has 0 radical (unpaired) electrons. The van der Waals surface area contributed by atoms with Gasteiger partial charge in [-0.05, 0) is 41.0 Å². The molecular weight excluding hydrogens is 378 g/mol. The lowest BCUT2D eigenvalue weighted by molar-refractivity contribution is -0.139. The third-order valence-corrected chi connectivity index (χ3v) is 5.16. The number of nitrogens with one attached hydrogen (secondary N) is 1. The number of benzene rings is 2. The number of carbonyl (C=O) groups is 3. The summed E-state index contributed by atoms with van der Waals surface area (Å²) in [7, 11) is 0. The Morgan fingerprint density at radius 2 is 1.47 bits per heavy atom. The first kappa shape index (κ1) is 19.5. The molecule has 1 saturated heterocycles. The fourth-order valence-electron chi connectivity index (χ4n) is 3.52. The van der Waals surface area contributed by atoms with Crippen molar-refractivity contribution in [1.82, 2.24) is 15.2 Å². The van der Waals surface area contributed by atoms with E-state index in [4.69, 9.17) is 0 Å². The van der Waals surface area contributed by atoms with E-state index in [1.165, 1.54) is 4.90 Å². The summed E-state index contributed by atoms with van der Waals surface area (Å²) in [6.07, 6.45) is 3.95. The third-order valence-electron chi connectivity index (χ3n) is 5.16. The van der Waals surface area contributed by atoms with Gasteiger partial charge in [0.1, 0.15) is 0 Å².